The first-order chi connectivity index (χ1) is 1.50. The molecule has 0 aromatic rings. The molecule has 0 atom stereocenters. The molecule has 1 aliphatic rings. The van der Waals surface area contributed by atoms with Crippen LogP contribution in [0.4, 0.5) is 0 Å². The lowest BCUT2D eigenvalue weighted by molar-refractivity contribution is -0.000000802. The van der Waals surface area contributed by atoms with Gasteiger partial charge in [0.25, 0.3) is 0 Å². The highest BCUT2D eigenvalue weighted by Gasteiger charge is 1.95. The lowest BCUT2D eigenvalue weighted by Crippen LogP contribution is -3.00. The van der Waals surface area contributed by atoms with Crippen LogP contribution < -0.4 is 12.4 Å². The average Bonchev–Trinajstić information content (AvgIpc) is 1.46. The number of rotatable bonds is 0. The summed E-state index contributed by atoms with van der Waals surface area (Å²) in [4.78, 5) is 0. The predicted octanol–water partition coefficient (Wildman–Crippen LogP) is -2.63. The molecule has 0 unspecified atom stereocenters. The monoisotopic (exact) mass is 112 g/mol. The van der Waals surface area contributed by atoms with Crippen molar-refractivity contribution in [3.8, 4) is 0 Å². The van der Waals surface area contributed by atoms with Crippen molar-refractivity contribution in [2.75, 3.05) is 0 Å². The van der Waals surface area contributed by atoms with Crippen molar-refractivity contribution < 1.29 is 12.4 Å². The van der Waals surface area contributed by atoms with Crippen LogP contribution in [-0.2, 0) is 13.5 Å². The van der Waals surface area contributed by atoms with Gasteiger partial charge in [0.2, 0.25) is 0 Å². The number of halogens is 1. The summed E-state index contributed by atoms with van der Waals surface area (Å²) >= 11 is 0. The van der Waals surface area contributed by atoms with Gasteiger partial charge in [-0.3, -0.25) is 0 Å². The van der Waals surface area contributed by atoms with E-state index in [1.165, 1.54) is 19.3 Å². The molecule has 34 valence electrons. The largest absolute Gasteiger partial charge is 1.00 e. The maximum absolute atomic E-state index is 1.50. The molecule has 0 aromatic carbocycles. The Labute approximate surface area is 45.8 Å². The highest BCUT2D eigenvalue weighted by atomic mass is 35.5. The van der Waals surface area contributed by atoms with E-state index < -0.39 is 0 Å². The van der Waals surface area contributed by atoms with Crippen molar-refractivity contribution in [3.63, 3.8) is 0 Å². The fourth-order valence-electron chi connectivity index (χ4n) is 0. The third-order valence-electron chi connectivity index (χ3n) is 0.354. The normalized spacial score (nSPS) is 14.4. The quantitative estimate of drug-likeness (QED) is 0.301. The second-order valence-corrected chi connectivity index (χ2v) is 1.06. The summed E-state index contributed by atoms with van der Waals surface area (Å²) < 4.78 is 0. The van der Waals surface area contributed by atoms with Crippen LogP contribution in [0.15, 0.2) is 0 Å². The zero-order valence-corrected chi connectivity index (χ0v) is 4.99. The molecule has 5 heavy (non-hydrogen) atoms. The molecule has 0 amide bonds. The summed E-state index contributed by atoms with van der Waals surface area (Å²) in [6.45, 7) is 0. The molecule has 0 spiro atoms. The Balaban J connectivity index is 0. The van der Waals surface area contributed by atoms with Crippen molar-refractivity contribution in [2.45, 2.75) is 19.3 Å². The molecular formula is C3H9ClS. The maximum atomic E-state index is 1.50. The summed E-state index contributed by atoms with van der Waals surface area (Å²) in [5.74, 6) is 0. The Morgan fingerprint density at radius 1 is 0.800 bits per heavy atom. The summed E-state index contributed by atoms with van der Waals surface area (Å²) in [7, 11) is 0. The Hall–Kier alpha value is 0.640. The highest BCUT2D eigenvalue weighted by Crippen LogP contribution is 2.14. The van der Waals surface area contributed by atoms with Gasteiger partial charge in [0.1, 0.15) is 0 Å². The van der Waals surface area contributed by atoms with Crippen LogP contribution in [-0.4, -0.2) is 0 Å². The predicted molar refractivity (Wildman–Crippen MR) is 25.4 cm³/mol. The smallest absolute Gasteiger partial charge is 0.0533 e. The average molecular weight is 113 g/mol. The van der Waals surface area contributed by atoms with E-state index in [9.17, 15) is 0 Å². The standard InChI is InChI=1S/C3H6.ClH.H2S/c1-2-3-1;;/h1-3H2;1H;1H2. The molecule has 0 heterocycles. The first-order valence-corrected chi connectivity index (χ1v) is 1.50. The van der Waals surface area contributed by atoms with E-state index in [-0.39, 0.29) is 25.9 Å². The minimum atomic E-state index is 0. The minimum Gasteiger partial charge on any atom is -1.00 e. The van der Waals surface area contributed by atoms with Crippen molar-refractivity contribution in [1.29, 1.82) is 0 Å². The molecule has 1 saturated carbocycles. The van der Waals surface area contributed by atoms with Crippen LogP contribution in [0.3, 0.4) is 0 Å². The van der Waals surface area contributed by atoms with Gasteiger partial charge in [0.15, 0.2) is 0 Å². The maximum Gasteiger partial charge on any atom is -0.0533 e. The van der Waals surface area contributed by atoms with Gasteiger partial charge < -0.3 is 12.4 Å². The van der Waals surface area contributed by atoms with Gasteiger partial charge in [-0.2, -0.15) is 0 Å². The summed E-state index contributed by atoms with van der Waals surface area (Å²) in [6, 6.07) is 0. The minimum absolute atomic E-state index is 0. The summed E-state index contributed by atoms with van der Waals surface area (Å²) in [6.07, 6.45) is 4.50. The van der Waals surface area contributed by atoms with Gasteiger partial charge in [-0.1, -0.05) is 32.8 Å². The second kappa shape index (κ2) is 4.64. The van der Waals surface area contributed by atoms with Gasteiger partial charge >= 0.3 is 0 Å². The molecule has 0 bridgehead atoms. The van der Waals surface area contributed by atoms with E-state index in [4.69, 9.17) is 0 Å². The molecular weight excluding hydrogens is 104 g/mol. The zero-order chi connectivity index (χ0) is 2.12. The Bertz CT molecular complexity index is 11.6. The second-order valence-electron chi connectivity index (χ2n) is 1.06. The van der Waals surface area contributed by atoms with E-state index in [1.807, 2.05) is 0 Å². The van der Waals surface area contributed by atoms with Gasteiger partial charge in [-0.15, -0.1) is 0 Å². The first kappa shape index (κ1) is 9.16. The molecule has 0 N–H and O–H groups in total. The van der Waals surface area contributed by atoms with Crippen LogP contribution in [0.25, 0.3) is 0 Å². The van der Waals surface area contributed by atoms with Crippen molar-refractivity contribution in [2.24, 2.45) is 0 Å². The lowest BCUT2D eigenvalue weighted by Gasteiger charge is -1.05. The summed E-state index contributed by atoms with van der Waals surface area (Å²) in [5.41, 5.74) is 0. The van der Waals surface area contributed by atoms with E-state index in [1.54, 1.807) is 0 Å². The van der Waals surface area contributed by atoms with Crippen molar-refractivity contribution in [3.05, 3.63) is 0 Å². The third kappa shape index (κ3) is 12.0. The molecule has 1 fully saturated rings. The SMILES string of the molecule is C1CC1.[Cl-].[SH3+]. The van der Waals surface area contributed by atoms with Crippen LogP contribution in [0.5, 0.6) is 0 Å². The molecule has 0 aliphatic heterocycles. The first-order valence-electron chi connectivity index (χ1n) is 1.50. The molecule has 1 aliphatic carbocycles. The highest BCUT2D eigenvalue weighted by molar-refractivity contribution is 7.37. The molecule has 0 aromatic heterocycles. The van der Waals surface area contributed by atoms with Gasteiger partial charge in [0.05, 0.1) is 0 Å². The third-order valence-corrected chi connectivity index (χ3v) is 0.354. The zero-order valence-electron chi connectivity index (χ0n) is 3.08. The molecule has 0 radical (unpaired) electrons. The van der Waals surface area contributed by atoms with E-state index in [0.717, 1.165) is 0 Å². The van der Waals surface area contributed by atoms with Crippen molar-refractivity contribution in [1.82, 2.24) is 0 Å². The van der Waals surface area contributed by atoms with E-state index in [0.29, 0.717) is 0 Å². The number of hydrogen-bond donors (Lipinski definition) is 0. The van der Waals surface area contributed by atoms with Gasteiger partial charge in [-0.05, 0) is 0 Å². The van der Waals surface area contributed by atoms with E-state index >= 15 is 0 Å². The molecule has 0 nitrogen and oxygen atoms in total. The Morgan fingerprint density at radius 2 is 1.00 bits per heavy atom. The van der Waals surface area contributed by atoms with Crippen LogP contribution in [0.1, 0.15) is 19.3 Å². The van der Waals surface area contributed by atoms with Crippen LogP contribution in [0.2, 0.25) is 0 Å². The lowest BCUT2D eigenvalue weighted by atomic mass is 11.0. The van der Waals surface area contributed by atoms with Gasteiger partial charge in [-0.25, -0.2) is 0 Å². The topological polar surface area (TPSA) is 0 Å². The molecule has 2 heteroatoms. The van der Waals surface area contributed by atoms with Gasteiger partial charge in [0, 0.05) is 0 Å². The van der Waals surface area contributed by atoms with Crippen LogP contribution >= 0.6 is 0 Å². The van der Waals surface area contributed by atoms with Crippen LogP contribution in [0, 0.1) is 0 Å². The Morgan fingerprint density at radius 3 is 1.00 bits per heavy atom. The molecule has 0 saturated heterocycles. The fourth-order valence-corrected chi connectivity index (χ4v) is 0. The summed E-state index contributed by atoms with van der Waals surface area (Å²) in [5, 5.41) is 0. The number of hydrogen-bond acceptors (Lipinski definition) is 0. The Kier molecular flexibility index (Phi) is 8.50. The van der Waals surface area contributed by atoms with E-state index in [2.05, 4.69) is 0 Å². The molecule has 1 rings (SSSR count). The van der Waals surface area contributed by atoms with Crippen molar-refractivity contribution >= 4 is 13.5 Å². The fraction of sp³-hybridized carbons (Fsp3) is 1.00.